The third kappa shape index (κ3) is 1.94. The van der Waals surface area contributed by atoms with Crippen LogP contribution in [0, 0.1) is 0 Å². The van der Waals surface area contributed by atoms with E-state index in [0.717, 1.165) is 0 Å². The van der Waals surface area contributed by atoms with E-state index >= 15 is 0 Å². The minimum absolute atomic E-state index is 0.513. The van der Waals surface area contributed by atoms with Crippen molar-refractivity contribution < 1.29 is 19.8 Å². The minimum atomic E-state index is -0.971. The molecule has 0 spiro atoms. The van der Waals surface area contributed by atoms with Crippen LogP contribution >= 0.6 is 0 Å². The Bertz CT molecular complexity index is 184. The van der Waals surface area contributed by atoms with Gasteiger partial charge in [0.05, 0.1) is 0 Å². The van der Waals surface area contributed by atoms with Crippen LogP contribution in [0.1, 0.15) is 19.3 Å². The van der Waals surface area contributed by atoms with Crippen molar-refractivity contribution >= 4 is 11.9 Å². The molecule has 5 nitrogen and oxygen atoms in total. The third-order valence-corrected chi connectivity index (χ3v) is 1.98. The van der Waals surface area contributed by atoms with Crippen LogP contribution in [0.15, 0.2) is 0 Å². The number of carboxylic acids is 2. The maximum atomic E-state index is 10.5. The van der Waals surface area contributed by atoms with Gasteiger partial charge in [-0.25, -0.2) is 0 Å². The molecular formula is C7H11NO4. The molecule has 0 aliphatic carbocycles. The fourth-order valence-electron chi connectivity index (χ4n) is 1.33. The second-order valence-corrected chi connectivity index (χ2v) is 2.88. The van der Waals surface area contributed by atoms with Crippen LogP contribution in [0.5, 0.6) is 0 Å². The molecule has 5 heteroatoms. The molecule has 0 aromatic carbocycles. The number of aliphatic carboxylic acids is 2. The smallest absolute Gasteiger partial charge is 0.320 e. The zero-order chi connectivity index (χ0) is 9.14. The van der Waals surface area contributed by atoms with Gasteiger partial charge < -0.3 is 10.2 Å². The summed E-state index contributed by atoms with van der Waals surface area (Å²) in [5.74, 6) is -1.94. The van der Waals surface area contributed by atoms with Crippen LogP contribution < -0.4 is 5.32 Å². The summed E-state index contributed by atoms with van der Waals surface area (Å²) in [6, 6.07) is -1.39. The van der Waals surface area contributed by atoms with Gasteiger partial charge in [0.1, 0.15) is 12.1 Å². The van der Waals surface area contributed by atoms with Crippen molar-refractivity contribution in [3.05, 3.63) is 0 Å². The molecular weight excluding hydrogens is 162 g/mol. The number of piperidine rings is 1. The Kier molecular flexibility index (Phi) is 2.65. The Balaban J connectivity index is 2.51. The summed E-state index contributed by atoms with van der Waals surface area (Å²) in [4.78, 5) is 20.9. The lowest BCUT2D eigenvalue weighted by Gasteiger charge is -2.25. The van der Waals surface area contributed by atoms with Gasteiger partial charge in [-0.05, 0) is 19.3 Å². The fraction of sp³-hybridized carbons (Fsp3) is 0.714. The van der Waals surface area contributed by atoms with Crippen LogP contribution in [0.2, 0.25) is 0 Å². The number of carboxylic acid groups (broad SMARTS) is 2. The maximum Gasteiger partial charge on any atom is 0.320 e. The molecule has 1 rings (SSSR count). The predicted octanol–water partition coefficient (Wildman–Crippen LogP) is -0.334. The molecule has 3 N–H and O–H groups in total. The first kappa shape index (κ1) is 8.99. The standard InChI is InChI=1S/C7H11NO4/c9-6(10)4-2-1-3-5(8-4)7(11)12/h4-5,8H,1-3H2,(H,9,10)(H,11,12)/t4-,5-/m0/s1. The van der Waals surface area contributed by atoms with Crippen molar-refractivity contribution in [1.82, 2.24) is 5.32 Å². The highest BCUT2D eigenvalue weighted by molar-refractivity contribution is 5.77. The summed E-state index contributed by atoms with van der Waals surface area (Å²) in [6.45, 7) is 0. The van der Waals surface area contributed by atoms with Gasteiger partial charge in [-0.2, -0.15) is 0 Å². The van der Waals surface area contributed by atoms with Gasteiger partial charge in [0.2, 0.25) is 0 Å². The second-order valence-electron chi connectivity index (χ2n) is 2.88. The molecule has 1 aliphatic heterocycles. The molecule has 0 aromatic heterocycles. The topological polar surface area (TPSA) is 86.6 Å². The van der Waals surface area contributed by atoms with E-state index in [-0.39, 0.29) is 0 Å². The van der Waals surface area contributed by atoms with Crippen molar-refractivity contribution in [3.8, 4) is 0 Å². The molecule has 0 bridgehead atoms. The molecule has 1 aliphatic rings. The predicted molar refractivity (Wildman–Crippen MR) is 39.8 cm³/mol. The number of rotatable bonds is 2. The summed E-state index contributed by atoms with van der Waals surface area (Å²) in [6.07, 6.45) is 1.68. The van der Waals surface area contributed by atoms with E-state index in [2.05, 4.69) is 5.32 Å². The maximum absolute atomic E-state index is 10.5. The third-order valence-electron chi connectivity index (χ3n) is 1.98. The van der Waals surface area contributed by atoms with Crippen LogP contribution in [0.3, 0.4) is 0 Å². The fourth-order valence-corrected chi connectivity index (χ4v) is 1.33. The number of hydrogen-bond acceptors (Lipinski definition) is 3. The average molecular weight is 173 g/mol. The highest BCUT2D eigenvalue weighted by Gasteiger charge is 2.29. The van der Waals surface area contributed by atoms with Crippen LogP contribution in [-0.2, 0) is 9.59 Å². The molecule has 1 saturated heterocycles. The zero-order valence-electron chi connectivity index (χ0n) is 6.49. The molecule has 68 valence electrons. The van der Waals surface area contributed by atoms with Crippen molar-refractivity contribution in [2.75, 3.05) is 0 Å². The Morgan fingerprint density at radius 1 is 1.08 bits per heavy atom. The molecule has 0 unspecified atom stereocenters. The first-order chi connectivity index (χ1) is 5.61. The van der Waals surface area contributed by atoms with Crippen molar-refractivity contribution in [2.45, 2.75) is 31.3 Å². The van der Waals surface area contributed by atoms with E-state index in [9.17, 15) is 9.59 Å². The van der Waals surface area contributed by atoms with Crippen LogP contribution in [-0.4, -0.2) is 34.2 Å². The van der Waals surface area contributed by atoms with Gasteiger partial charge in [-0.15, -0.1) is 0 Å². The Hall–Kier alpha value is -1.10. The molecule has 0 aromatic rings. The first-order valence-corrected chi connectivity index (χ1v) is 3.83. The average Bonchev–Trinajstić information content (AvgIpc) is 2.04. The molecule has 2 atom stereocenters. The number of nitrogens with one attached hydrogen (secondary N) is 1. The van der Waals surface area contributed by atoms with Gasteiger partial charge in [0.15, 0.2) is 0 Å². The molecule has 0 saturated carbocycles. The van der Waals surface area contributed by atoms with E-state index < -0.39 is 24.0 Å². The van der Waals surface area contributed by atoms with Gasteiger partial charge in [0.25, 0.3) is 0 Å². The summed E-state index contributed by atoms with van der Waals surface area (Å²) in [5, 5.41) is 19.7. The highest BCUT2D eigenvalue weighted by Crippen LogP contribution is 2.12. The van der Waals surface area contributed by atoms with Crippen LogP contribution in [0.25, 0.3) is 0 Å². The molecule has 0 radical (unpaired) electrons. The van der Waals surface area contributed by atoms with E-state index in [1.807, 2.05) is 0 Å². The molecule has 12 heavy (non-hydrogen) atoms. The van der Waals surface area contributed by atoms with Gasteiger partial charge >= 0.3 is 11.9 Å². The number of carbonyl (C=O) groups is 2. The van der Waals surface area contributed by atoms with Crippen LogP contribution in [0.4, 0.5) is 0 Å². The van der Waals surface area contributed by atoms with E-state index in [1.165, 1.54) is 0 Å². The summed E-state index contributed by atoms with van der Waals surface area (Å²) in [5.41, 5.74) is 0. The van der Waals surface area contributed by atoms with Gasteiger partial charge in [-0.1, -0.05) is 0 Å². The lowest BCUT2D eigenvalue weighted by Crippen LogP contribution is -2.50. The Morgan fingerprint density at radius 3 is 1.83 bits per heavy atom. The summed E-state index contributed by atoms with van der Waals surface area (Å²) >= 11 is 0. The highest BCUT2D eigenvalue weighted by atomic mass is 16.4. The zero-order valence-corrected chi connectivity index (χ0v) is 6.49. The molecule has 1 fully saturated rings. The van der Waals surface area contributed by atoms with E-state index in [1.54, 1.807) is 0 Å². The molecule has 1 heterocycles. The first-order valence-electron chi connectivity index (χ1n) is 3.83. The van der Waals surface area contributed by atoms with Crippen molar-refractivity contribution in [3.63, 3.8) is 0 Å². The normalized spacial score (nSPS) is 29.7. The second kappa shape index (κ2) is 3.53. The molecule has 0 amide bonds. The SMILES string of the molecule is O=C(O)[C@@H]1CCC[C@@H](C(=O)O)N1. The minimum Gasteiger partial charge on any atom is -0.480 e. The van der Waals surface area contributed by atoms with Crippen molar-refractivity contribution in [2.24, 2.45) is 0 Å². The Labute approximate surface area is 69.4 Å². The van der Waals surface area contributed by atoms with E-state index in [4.69, 9.17) is 10.2 Å². The largest absolute Gasteiger partial charge is 0.480 e. The summed E-state index contributed by atoms with van der Waals surface area (Å²) in [7, 11) is 0. The quantitative estimate of drug-likeness (QED) is 0.532. The lowest BCUT2D eigenvalue weighted by molar-refractivity contribution is -0.144. The van der Waals surface area contributed by atoms with Crippen molar-refractivity contribution in [1.29, 1.82) is 0 Å². The van der Waals surface area contributed by atoms with Gasteiger partial charge in [-0.3, -0.25) is 14.9 Å². The summed E-state index contributed by atoms with van der Waals surface area (Å²) < 4.78 is 0. The van der Waals surface area contributed by atoms with E-state index in [0.29, 0.717) is 19.3 Å². The lowest BCUT2D eigenvalue weighted by atomic mass is 9.99. The number of hydrogen-bond donors (Lipinski definition) is 3. The van der Waals surface area contributed by atoms with Gasteiger partial charge in [0, 0.05) is 0 Å². The Morgan fingerprint density at radius 2 is 1.50 bits per heavy atom. The monoisotopic (exact) mass is 173 g/mol.